The highest BCUT2D eigenvalue weighted by atomic mass is 16.3. The van der Waals surface area contributed by atoms with Crippen molar-refractivity contribution in [2.45, 2.75) is 33.7 Å². The van der Waals surface area contributed by atoms with Crippen LogP contribution in [-0.2, 0) is 17.8 Å². The number of carbonyl (C=O) groups excluding carboxylic acids is 2. The molecule has 0 fully saturated rings. The summed E-state index contributed by atoms with van der Waals surface area (Å²) in [6.45, 7) is 7.11. The number of nitrogens with zero attached hydrogens (tertiary/aromatic N) is 1. The van der Waals surface area contributed by atoms with E-state index in [1.54, 1.807) is 0 Å². The first-order valence-corrected chi connectivity index (χ1v) is 10.3. The maximum Gasteiger partial charge on any atom is 0.255 e. The van der Waals surface area contributed by atoms with Gasteiger partial charge in [0.1, 0.15) is 11.5 Å². The molecular weight excluding hydrogens is 376 g/mol. The Labute approximate surface area is 176 Å². The number of benzene rings is 2. The van der Waals surface area contributed by atoms with Gasteiger partial charge < -0.3 is 14.6 Å². The molecule has 5 heteroatoms. The van der Waals surface area contributed by atoms with Crippen LogP contribution in [0, 0.1) is 12.8 Å². The predicted octanol–water partition coefficient (Wildman–Crippen LogP) is 5.05. The summed E-state index contributed by atoms with van der Waals surface area (Å²) < 4.78 is 6.09. The van der Waals surface area contributed by atoms with Crippen LogP contribution in [0.3, 0.4) is 0 Å². The number of rotatable bonds is 4. The molecule has 2 amide bonds. The number of hydrogen-bond donors (Lipinski definition) is 1. The number of hydrogen-bond acceptors (Lipinski definition) is 3. The summed E-state index contributed by atoms with van der Waals surface area (Å²) in [5.74, 6) is 1.71. The second-order valence-corrected chi connectivity index (χ2v) is 8.12. The Balaban J connectivity index is 1.52. The molecule has 2 aromatic carbocycles. The standard InChI is InChI=1S/C25H26N2O3/c1-16(2)25(29)27-12-11-22-20(15-27)14-23(30-22)19-5-4-6-21(13-19)26-24(28)18-9-7-17(3)8-10-18/h4-10,13-14,16H,11-12,15H2,1-3H3,(H,26,28). The minimum Gasteiger partial charge on any atom is -0.461 e. The molecule has 4 rings (SSSR count). The summed E-state index contributed by atoms with van der Waals surface area (Å²) in [5.41, 5.74) is 4.40. The lowest BCUT2D eigenvalue weighted by Gasteiger charge is -2.27. The Kier molecular flexibility index (Phi) is 5.44. The zero-order chi connectivity index (χ0) is 21.3. The number of anilines is 1. The number of amides is 2. The second-order valence-electron chi connectivity index (χ2n) is 8.12. The maximum atomic E-state index is 12.5. The molecule has 5 nitrogen and oxygen atoms in total. The van der Waals surface area contributed by atoms with Gasteiger partial charge in [-0.15, -0.1) is 0 Å². The average Bonchev–Trinajstić information content (AvgIpc) is 3.17. The summed E-state index contributed by atoms with van der Waals surface area (Å²) in [6, 6.07) is 17.1. The Morgan fingerprint density at radius 1 is 1.07 bits per heavy atom. The molecule has 1 aromatic heterocycles. The van der Waals surface area contributed by atoms with Crippen molar-refractivity contribution in [1.29, 1.82) is 0 Å². The highest BCUT2D eigenvalue weighted by molar-refractivity contribution is 6.04. The summed E-state index contributed by atoms with van der Waals surface area (Å²) in [5, 5.41) is 2.95. The van der Waals surface area contributed by atoms with Crippen molar-refractivity contribution in [3.05, 3.63) is 77.0 Å². The average molecular weight is 402 g/mol. The molecule has 0 bridgehead atoms. The number of furan rings is 1. The van der Waals surface area contributed by atoms with Crippen molar-refractivity contribution in [3.8, 4) is 11.3 Å². The molecule has 0 unspecified atom stereocenters. The van der Waals surface area contributed by atoms with Crippen LogP contribution in [0.15, 0.2) is 59.0 Å². The van der Waals surface area contributed by atoms with Crippen LogP contribution in [-0.4, -0.2) is 23.3 Å². The van der Waals surface area contributed by atoms with Gasteiger partial charge in [0.05, 0.1) is 0 Å². The molecule has 1 aliphatic rings. The molecule has 30 heavy (non-hydrogen) atoms. The van der Waals surface area contributed by atoms with E-state index in [0.29, 0.717) is 24.3 Å². The topological polar surface area (TPSA) is 62.6 Å². The molecule has 0 atom stereocenters. The molecule has 0 radical (unpaired) electrons. The Hall–Kier alpha value is -3.34. The van der Waals surface area contributed by atoms with E-state index in [1.807, 2.05) is 80.3 Å². The van der Waals surface area contributed by atoms with Crippen molar-refractivity contribution < 1.29 is 14.0 Å². The smallest absolute Gasteiger partial charge is 0.255 e. The summed E-state index contributed by atoms with van der Waals surface area (Å²) >= 11 is 0. The fraction of sp³-hybridized carbons (Fsp3) is 0.280. The molecule has 1 N–H and O–H groups in total. The quantitative estimate of drug-likeness (QED) is 0.664. The van der Waals surface area contributed by atoms with Crippen LogP contribution in [0.25, 0.3) is 11.3 Å². The minimum atomic E-state index is -0.145. The van der Waals surface area contributed by atoms with Crippen molar-refractivity contribution in [2.75, 3.05) is 11.9 Å². The van der Waals surface area contributed by atoms with E-state index in [0.717, 1.165) is 34.6 Å². The molecule has 0 saturated carbocycles. The summed E-state index contributed by atoms with van der Waals surface area (Å²) in [4.78, 5) is 26.7. The van der Waals surface area contributed by atoms with Gasteiger partial charge in [0.15, 0.2) is 0 Å². The lowest BCUT2D eigenvalue weighted by Crippen LogP contribution is -2.37. The van der Waals surface area contributed by atoms with Gasteiger partial charge in [-0.25, -0.2) is 0 Å². The molecule has 0 spiro atoms. The molecule has 0 aliphatic carbocycles. The fourth-order valence-corrected chi connectivity index (χ4v) is 3.69. The number of nitrogens with one attached hydrogen (secondary N) is 1. The first kappa shape index (κ1) is 20.0. The number of carbonyl (C=O) groups is 2. The lowest BCUT2D eigenvalue weighted by atomic mass is 10.1. The van der Waals surface area contributed by atoms with E-state index in [9.17, 15) is 9.59 Å². The van der Waals surface area contributed by atoms with Crippen molar-refractivity contribution in [2.24, 2.45) is 5.92 Å². The van der Waals surface area contributed by atoms with Crippen LogP contribution in [0.4, 0.5) is 5.69 Å². The Morgan fingerprint density at radius 2 is 1.83 bits per heavy atom. The number of aryl methyl sites for hydroxylation is 1. The van der Waals surface area contributed by atoms with Crippen LogP contribution in [0.1, 0.15) is 41.1 Å². The number of fused-ring (bicyclic) bond motifs is 1. The van der Waals surface area contributed by atoms with Crippen molar-refractivity contribution >= 4 is 17.5 Å². The molecule has 0 saturated heterocycles. The highest BCUT2D eigenvalue weighted by Crippen LogP contribution is 2.31. The molecular formula is C25H26N2O3. The van der Waals surface area contributed by atoms with Gasteiger partial charge in [-0.1, -0.05) is 43.7 Å². The van der Waals surface area contributed by atoms with Gasteiger partial charge in [-0.05, 0) is 37.3 Å². The second kappa shape index (κ2) is 8.19. The van der Waals surface area contributed by atoms with Crippen LogP contribution in [0.2, 0.25) is 0 Å². The highest BCUT2D eigenvalue weighted by Gasteiger charge is 2.25. The minimum absolute atomic E-state index is 0.00764. The zero-order valence-corrected chi connectivity index (χ0v) is 17.6. The maximum absolute atomic E-state index is 12.5. The van der Waals surface area contributed by atoms with E-state index in [1.165, 1.54) is 0 Å². The molecule has 1 aliphatic heterocycles. The van der Waals surface area contributed by atoms with E-state index >= 15 is 0 Å². The monoisotopic (exact) mass is 402 g/mol. The van der Waals surface area contributed by atoms with Crippen molar-refractivity contribution in [1.82, 2.24) is 4.90 Å². The third-order valence-corrected chi connectivity index (χ3v) is 5.39. The largest absolute Gasteiger partial charge is 0.461 e. The fourth-order valence-electron chi connectivity index (χ4n) is 3.69. The van der Waals surface area contributed by atoms with Gasteiger partial charge >= 0.3 is 0 Å². The van der Waals surface area contributed by atoms with Crippen molar-refractivity contribution in [3.63, 3.8) is 0 Å². The molecule has 154 valence electrons. The molecule has 2 heterocycles. The van der Waals surface area contributed by atoms with E-state index < -0.39 is 0 Å². The Morgan fingerprint density at radius 3 is 2.57 bits per heavy atom. The lowest BCUT2D eigenvalue weighted by molar-refractivity contribution is -0.135. The third kappa shape index (κ3) is 4.15. The van der Waals surface area contributed by atoms with E-state index in [2.05, 4.69) is 5.32 Å². The van der Waals surface area contributed by atoms with Crippen LogP contribution in [0.5, 0.6) is 0 Å². The predicted molar refractivity (Wildman–Crippen MR) is 117 cm³/mol. The van der Waals surface area contributed by atoms with Gasteiger partial charge in [0.2, 0.25) is 5.91 Å². The first-order valence-electron chi connectivity index (χ1n) is 10.3. The van der Waals surface area contributed by atoms with Crippen LogP contribution < -0.4 is 5.32 Å². The summed E-state index contributed by atoms with van der Waals surface area (Å²) in [7, 11) is 0. The normalized spacial score (nSPS) is 13.3. The van der Waals surface area contributed by atoms with Gasteiger partial charge in [-0.2, -0.15) is 0 Å². The van der Waals surface area contributed by atoms with Gasteiger partial charge in [-0.3, -0.25) is 9.59 Å². The van der Waals surface area contributed by atoms with Gasteiger partial charge in [0.25, 0.3) is 5.91 Å². The van der Waals surface area contributed by atoms with Crippen LogP contribution >= 0.6 is 0 Å². The van der Waals surface area contributed by atoms with Gasteiger partial charge in [0, 0.05) is 47.8 Å². The summed E-state index contributed by atoms with van der Waals surface area (Å²) in [6.07, 6.45) is 0.720. The third-order valence-electron chi connectivity index (χ3n) is 5.39. The Bertz CT molecular complexity index is 1080. The first-order chi connectivity index (χ1) is 14.4. The van der Waals surface area contributed by atoms with E-state index in [-0.39, 0.29) is 17.7 Å². The zero-order valence-electron chi connectivity index (χ0n) is 17.6. The molecule has 3 aromatic rings. The SMILES string of the molecule is Cc1ccc(C(=O)Nc2cccc(-c3cc4c(o3)CCN(C(=O)C(C)C)C4)c2)cc1. The van der Waals surface area contributed by atoms with E-state index in [4.69, 9.17) is 4.42 Å².